The first kappa shape index (κ1) is 20.3. The highest BCUT2D eigenvalue weighted by molar-refractivity contribution is 5.97. The van der Waals surface area contributed by atoms with Crippen molar-refractivity contribution in [1.82, 2.24) is 19.3 Å². The minimum Gasteiger partial charge on any atom is -0.349 e. The number of carbonyl (C=O) groups is 1. The van der Waals surface area contributed by atoms with Crippen molar-refractivity contribution in [2.45, 2.75) is 71.4 Å². The summed E-state index contributed by atoms with van der Waals surface area (Å²) in [5.41, 5.74) is 2.05. The smallest absolute Gasteiger partial charge is 0.267 e. The number of fused-ring (bicyclic) bond motifs is 2. The van der Waals surface area contributed by atoms with Crippen LogP contribution in [-0.4, -0.2) is 25.9 Å². The molecule has 1 atom stereocenters. The van der Waals surface area contributed by atoms with Gasteiger partial charge in [0, 0.05) is 18.3 Å². The van der Waals surface area contributed by atoms with Crippen molar-refractivity contribution in [2.75, 3.05) is 0 Å². The Bertz CT molecular complexity index is 1230. The fourth-order valence-electron chi connectivity index (χ4n) is 4.35. The molecule has 158 valence electrons. The predicted octanol–water partition coefficient (Wildman–Crippen LogP) is 3.47. The molecule has 2 N–H and O–H groups in total. The maximum atomic E-state index is 13.3. The molecule has 0 saturated heterocycles. The van der Waals surface area contributed by atoms with Gasteiger partial charge in [-0.05, 0) is 50.8 Å². The Hall–Kier alpha value is -2.96. The van der Waals surface area contributed by atoms with Gasteiger partial charge in [0.1, 0.15) is 16.8 Å². The van der Waals surface area contributed by atoms with Gasteiger partial charge in [0.25, 0.3) is 11.5 Å². The molecule has 3 aromatic rings. The van der Waals surface area contributed by atoms with Crippen LogP contribution in [0.15, 0.2) is 29.2 Å². The molecule has 0 aliphatic heterocycles. The molecule has 1 aliphatic carbocycles. The zero-order valence-electron chi connectivity index (χ0n) is 17.9. The van der Waals surface area contributed by atoms with Crippen molar-refractivity contribution in [3.8, 4) is 0 Å². The van der Waals surface area contributed by atoms with Gasteiger partial charge in [-0.3, -0.25) is 19.4 Å². The standard InChI is InChI=1S/C23H29N5O2/c1-4-15(3)28-19(24)17(22(29)25-16-10-6-5-7-11-16)13-18-21(28)26-20-14(2)9-8-12-27(20)23(18)30/h8-9,12-13,15-16,24H,4-7,10-11H2,1-3H3,(H,25,29). The Morgan fingerprint density at radius 2 is 2.03 bits per heavy atom. The molecule has 30 heavy (non-hydrogen) atoms. The topological polar surface area (TPSA) is 92.2 Å². The molecule has 0 bridgehead atoms. The third kappa shape index (κ3) is 3.42. The molecular weight excluding hydrogens is 378 g/mol. The van der Waals surface area contributed by atoms with Crippen LogP contribution in [0.25, 0.3) is 16.7 Å². The highest BCUT2D eigenvalue weighted by Gasteiger charge is 2.22. The predicted molar refractivity (Wildman–Crippen MR) is 117 cm³/mol. The monoisotopic (exact) mass is 407 g/mol. The van der Waals surface area contributed by atoms with E-state index in [0.717, 1.165) is 37.7 Å². The van der Waals surface area contributed by atoms with Gasteiger partial charge in [-0.1, -0.05) is 32.3 Å². The number of aromatic nitrogens is 3. The van der Waals surface area contributed by atoms with Crippen molar-refractivity contribution in [2.24, 2.45) is 0 Å². The van der Waals surface area contributed by atoms with Gasteiger partial charge in [-0.25, -0.2) is 4.98 Å². The van der Waals surface area contributed by atoms with Crippen LogP contribution in [0.3, 0.4) is 0 Å². The lowest BCUT2D eigenvalue weighted by atomic mass is 9.95. The minimum absolute atomic E-state index is 0.0687. The maximum absolute atomic E-state index is 13.3. The molecule has 7 heteroatoms. The van der Waals surface area contributed by atoms with E-state index in [2.05, 4.69) is 5.32 Å². The number of aryl methyl sites for hydroxylation is 1. The molecule has 3 heterocycles. The Balaban J connectivity index is 1.96. The molecule has 0 spiro atoms. The summed E-state index contributed by atoms with van der Waals surface area (Å²) >= 11 is 0. The van der Waals surface area contributed by atoms with Gasteiger partial charge >= 0.3 is 0 Å². The van der Waals surface area contributed by atoms with Crippen LogP contribution in [0.2, 0.25) is 0 Å². The number of hydrogen-bond acceptors (Lipinski definition) is 4. The van der Waals surface area contributed by atoms with Gasteiger partial charge in [0.05, 0.1) is 10.9 Å². The largest absolute Gasteiger partial charge is 0.349 e. The first-order chi connectivity index (χ1) is 14.4. The first-order valence-electron chi connectivity index (χ1n) is 10.8. The average Bonchev–Trinajstić information content (AvgIpc) is 2.74. The molecule has 1 aliphatic rings. The van der Waals surface area contributed by atoms with Crippen LogP contribution in [0, 0.1) is 12.3 Å². The summed E-state index contributed by atoms with van der Waals surface area (Å²) in [7, 11) is 0. The second-order valence-electron chi connectivity index (χ2n) is 8.38. The van der Waals surface area contributed by atoms with E-state index in [0.29, 0.717) is 16.7 Å². The highest BCUT2D eigenvalue weighted by Crippen LogP contribution is 2.20. The van der Waals surface area contributed by atoms with Gasteiger partial charge in [0.2, 0.25) is 0 Å². The summed E-state index contributed by atoms with van der Waals surface area (Å²) in [6, 6.07) is 5.35. The molecule has 1 unspecified atom stereocenters. The fraction of sp³-hybridized carbons (Fsp3) is 0.478. The molecule has 3 aromatic heterocycles. The lowest BCUT2D eigenvalue weighted by Gasteiger charge is -2.24. The van der Waals surface area contributed by atoms with E-state index < -0.39 is 0 Å². The number of rotatable bonds is 4. The van der Waals surface area contributed by atoms with Crippen LogP contribution < -0.4 is 16.4 Å². The van der Waals surface area contributed by atoms with E-state index in [4.69, 9.17) is 10.4 Å². The molecule has 1 amide bonds. The van der Waals surface area contributed by atoms with Crippen LogP contribution in [-0.2, 0) is 0 Å². The Morgan fingerprint density at radius 1 is 1.30 bits per heavy atom. The molecule has 0 aromatic carbocycles. The highest BCUT2D eigenvalue weighted by atomic mass is 16.2. The van der Waals surface area contributed by atoms with E-state index in [-0.39, 0.29) is 34.6 Å². The summed E-state index contributed by atoms with van der Waals surface area (Å²) in [4.78, 5) is 31.2. The Morgan fingerprint density at radius 3 is 2.73 bits per heavy atom. The van der Waals surface area contributed by atoms with E-state index in [1.54, 1.807) is 16.8 Å². The third-order valence-corrected chi connectivity index (χ3v) is 6.29. The number of hydrogen-bond donors (Lipinski definition) is 2. The van der Waals surface area contributed by atoms with Gasteiger partial charge in [0.15, 0.2) is 0 Å². The van der Waals surface area contributed by atoms with Crippen molar-refractivity contribution < 1.29 is 4.79 Å². The Kier molecular flexibility index (Phi) is 5.45. The van der Waals surface area contributed by atoms with Crippen LogP contribution in [0.1, 0.15) is 74.3 Å². The zero-order chi connectivity index (χ0) is 21.4. The van der Waals surface area contributed by atoms with E-state index in [9.17, 15) is 9.59 Å². The van der Waals surface area contributed by atoms with E-state index in [1.807, 2.05) is 32.9 Å². The number of nitrogens with one attached hydrogen (secondary N) is 2. The summed E-state index contributed by atoms with van der Waals surface area (Å²) in [5, 5.41) is 12.2. The quantitative estimate of drug-likeness (QED) is 0.649. The van der Waals surface area contributed by atoms with Gasteiger partial charge < -0.3 is 9.88 Å². The average molecular weight is 408 g/mol. The molecule has 0 radical (unpaired) electrons. The van der Waals surface area contributed by atoms with Crippen LogP contribution in [0.4, 0.5) is 0 Å². The molecule has 4 rings (SSSR count). The van der Waals surface area contributed by atoms with Gasteiger partial charge in [-0.15, -0.1) is 0 Å². The summed E-state index contributed by atoms with van der Waals surface area (Å²) < 4.78 is 3.25. The van der Waals surface area contributed by atoms with Gasteiger partial charge in [-0.2, -0.15) is 0 Å². The second-order valence-corrected chi connectivity index (χ2v) is 8.38. The summed E-state index contributed by atoms with van der Waals surface area (Å²) in [5.74, 6) is -0.278. The molecule has 1 saturated carbocycles. The molecule has 1 fully saturated rings. The number of carbonyl (C=O) groups excluding carboxylic acids is 1. The van der Waals surface area contributed by atoms with Crippen molar-refractivity contribution in [3.05, 3.63) is 51.4 Å². The summed E-state index contributed by atoms with van der Waals surface area (Å²) in [6.45, 7) is 5.92. The summed E-state index contributed by atoms with van der Waals surface area (Å²) in [6.07, 6.45) is 7.81. The van der Waals surface area contributed by atoms with E-state index in [1.165, 1.54) is 10.8 Å². The van der Waals surface area contributed by atoms with E-state index >= 15 is 0 Å². The lowest BCUT2D eigenvalue weighted by Crippen LogP contribution is -2.41. The van der Waals surface area contributed by atoms with Crippen LogP contribution >= 0.6 is 0 Å². The van der Waals surface area contributed by atoms with Crippen LogP contribution in [0.5, 0.6) is 0 Å². The fourth-order valence-corrected chi connectivity index (χ4v) is 4.35. The zero-order valence-corrected chi connectivity index (χ0v) is 17.9. The normalized spacial score (nSPS) is 16.1. The van der Waals surface area contributed by atoms with Crippen molar-refractivity contribution in [3.63, 3.8) is 0 Å². The number of pyridine rings is 2. The molecule has 7 nitrogen and oxygen atoms in total. The minimum atomic E-state index is -0.278. The maximum Gasteiger partial charge on any atom is 0.267 e. The lowest BCUT2D eigenvalue weighted by molar-refractivity contribution is 0.0925. The number of nitrogens with zero attached hydrogens (tertiary/aromatic N) is 3. The SMILES string of the molecule is CCC(C)n1c(=N)c(C(=O)NC2CCCCC2)cc2c(=O)n3cccc(C)c3nc21. The first-order valence-corrected chi connectivity index (χ1v) is 10.8. The molecular formula is C23H29N5O2. The number of amides is 1. The third-order valence-electron chi connectivity index (χ3n) is 6.29. The van der Waals surface area contributed by atoms with Crippen molar-refractivity contribution >= 4 is 22.6 Å². The Labute approximate surface area is 175 Å². The second kappa shape index (κ2) is 8.05. The van der Waals surface area contributed by atoms with Crippen molar-refractivity contribution in [1.29, 1.82) is 5.41 Å².